The van der Waals surface area contributed by atoms with E-state index in [1.165, 1.54) is 17.0 Å². The van der Waals surface area contributed by atoms with Crippen molar-refractivity contribution >= 4 is 0 Å². The lowest BCUT2D eigenvalue weighted by molar-refractivity contribution is 0.162. The van der Waals surface area contributed by atoms with Gasteiger partial charge in [0.25, 0.3) is 0 Å². The van der Waals surface area contributed by atoms with Crippen LogP contribution in [0.1, 0.15) is 24.5 Å². The third kappa shape index (κ3) is 2.76. The fourth-order valence-electron chi connectivity index (χ4n) is 2.40. The molecule has 1 fully saturated rings. The molecule has 0 bridgehead atoms. The second-order valence-electron chi connectivity index (χ2n) is 4.72. The molecule has 19 heavy (non-hydrogen) atoms. The summed E-state index contributed by atoms with van der Waals surface area (Å²) < 4.78 is 13.1. The Morgan fingerprint density at radius 3 is 3.11 bits per heavy atom. The van der Waals surface area contributed by atoms with Gasteiger partial charge in [0.2, 0.25) is 0 Å². The summed E-state index contributed by atoms with van der Waals surface area (Å²) in [6.45, 7) is 1.99. The highest BCUT2D eigenvalue weighted by atomic mass is 19.1. The van der Waals surface area contributed by atoms with E-state index in [-0.39, 0.29) is 5.82 Å². The van der Waals surface area contributed by atoms with Crippen LogP contribution < -0.4 is 10.2 Å². The summed E-state index contributed by atoms with van der Waals surface area (Å²) in [5, 5.41) is 7.53. The Morgan fingerprint density at radius 2 is 2.32 bits per heavy atom. The van der Waals surface area contributed by atoms with E-state index in [1.54, 1.807) is 18.3 Å². The quantitative estimate of drug-likeness (QED) is 0.921. The molecule has 0 radical (unpaired) electrons. The maximum Gasteiger partial charge on any atom is 0.160 e. The Labute approximate surface area is 111 Å². The summed E-state index contributed by atoms with van der Waals surface area (Å²) in [7, 11) is 0. The Kier molecular flexibility index (Phi) is 3.46. The summed E-state index contributed by atoms with van der Waals surface area (Å²) in [6, 6.07) is 8.03. The first-order valence-corrected chi connectivity index (χ1v) is 6.51. The Bertz CT molecular complexity index is 549. The first-order valence-electron chi connectivity index (χ1n) is 6.51. The van der Waals surface area contributed by atoms with Crippen LogP contribution in [0.5, 0.6) is 5.75 Å². The van der Waals surface area contributed by atoms with Gasteiger partial charge in [0.05, 0.1) is 11.9 Å². The average molecular weight is 261 g/mol. The van der Waals surface area contributed by atoms with E-state index in [2.05, 4.69) is 10.4 Å². The summed E-state index contributed by atoms with van der Waals surface area (Å²) in [5.41, 5.74) is 1.02. The van der Waals surface area contributed by atoms with Crippen molar-refractivity contribution in [3.05, 3.63) is 48.0 Å². The van der Waals surface area contributed by atoms with Crippen LogP contribution in [0, 0.1) is 5.82 Å². The number of nitrogens with one attached hydrogen (secondary N) is 1. The first-order chi connectivity index (χ1) is 9.33. The molecule has 1 aliphatic heterocycles. The monoisotopic (exact) mass is 261 g/mol. The molecule has 1 aromatic carbocycles. The highest BCUT2D eigenvalue weighted by molar-refractivity contribution is 5.22. The summed E-state index contributed by atoms with van der Waals surface area (Å²) in [6.07, 6.45) is 3.98. The molecule has 3 rings (SSSR count). The van der Waals surface area contributed by atoms with Crippen molar-refractivity contribution in [1.29, 1.82) is 0 Å². The van der Waals surface area contributed by atoms with Crippen LogP contribution >= 0.6 is 0 Å². The van der Waals surface area contributed by atoms with Crippen molar-refractivity contribution in [3.8, 4) is 5.75 Å². The number of halogens is 1. The number of hydrogen-bond donors (Lipinski definition) is 1. The van der Waals surface area contributed by atoms with Crippen LogP contribution in [0.3, 0.4) is 0 Å². The van der Waals surface area contributed by atoms with Gasteiger partial charge in [0.1, 0.15) is 5.82 Å². The minimum atomic E-state index is -0.314. The molecule has 1 aromatic heterocycles. The number of piperidine rings is 1. The molecular weight excluding hydrogens is 245 g/mol. The zero-order chi connectivity index (χ0) is 13.1. The van der Waals surface area contributed by atoms with E-state index in [1.807, 2.05) is 6.07 Å². The van der Waals surface area contributed by atoms with Crippen LogP contribution in [0.2, 0.25) is 0 Å². The van der Waals surface area contributed by atoms with Gasteiger partial charge in [-0.05, 0) is 37.6 Å². The minimum Gasteiger partial charge on any atom is -0.358 e. The van der Waals surface area contributed by atoms with Crippen LogP contribution in [0.4, 0.5) is 4.39 Å². The summed E-state index contributed by atoms with van der Waals surface area (Å²) >= 11 is 0. The predicted molar refractivity (Wildman–Crippen MR) is 69.5 cm³/mol. The van der Waals surface area contributed by atoms with E-state index in [0.717, 1.165) is 31.6 Å². The van der Waals surface area contributed by atoms with Gasteiger partial charge in [0, 0.05) is 18.5 Å². The Hall–Kier alpha value is -1.88. The molecule has 0 amide bonds. The SMILES string of the molecule is Fc1cccc(On2nccc2[C@H]2CCCNC2)c1. The van der Waals surface area contributed by atoms with Gasteiger partial charge in [-0.25, -0.2) is 4.39 Å². The van der Waals surface area contributed by atoms with E-state index in [4.69, 9.17) is 4.84 Å². The second-order valence-corrected chi connectivity index (χ2v) is 4.72. The number of aromatic nitrogens is 2. The maximum atomic E-state index is 13.1. The Morgan fingerprint density at radius 1 is 1.37 bits per heavy atom. The molecule has 100 valence electrons. The number of hydrogen-bond acceptors (Lipinski definition) is 3. The van der Waals surface area contributed by atoms with Gasteiger partial charge < -0.3 is 10.2 Å². The van der Waals surface area contributed by atoms with Crippen molar-refractivity contribution in [2.75, 3.05) is 13.1 Å². The van der Waals surface area contributed by atoms with Gasteiger partial charge in [-0.1, -0.05) is 10.9 Å². The van der Waals surface area contributed by atoms with Crippen LogP contribution in [-0.2, 0) is 0 Å². The number of nitrogens with zero attached hydrogens (tertiary/aromatic N) is 2. The third-order valence-corrected chi connectivity index (χ3v) is 3.34. The van der Waals surface area contributed by atoms with Gasteiger partial charge in [-0.2, -0.15) is 0 Å². The fourth-order valence-corrected chi connectivity index (χ4v) is 2.40. The Balaban J connectivity index is 1.80. The van der Waals surface area contributed by atoms with Crippen molar-refractivity contribution in [2.45, 2.75) is 18.8 Å². The molecule has 1 aliphatic rings. The van der Waals surface area contributed by atoms with Crippen molar-refractivity contribution in [1.82, 2.24) is 15.3 Å². The molecule has 0 aliphatic carbocycles. The number of rotatable bonds is 3. The second kappa shape index (κ2) is 5.40. The summed E-state index contributed by atoms with van der Waals surface area (Å²) in [5.74, 6) is 0.532. The number of benzene rings is 1. The highest BCUT2D eigenvalue weighted by Crippen LogP contribution is 2.23. The molecule has 2 aromatic rings. The lowest BCUT2D eigenvalue weighted by Gasteiger charge is -2.23. The van der Waals surface area contributed by atoms with Gasteiger partial charge >= 0.3 is 0 Å². The van der Waals surface area contributed by atoms with Crippen LogP contribution in [0.25, 0.3) is 0 Å². The molecule has 0 spiro atoms. The molecule has 0 saturated carbocycles. The molecule has 5 heteroatoms. The van der Waals surface area contributed by atoms with Crippen molar-refractivity contribution in [3.63, 3.8) is 0 Å². The van der Waals surface area contributed by atoms with Crippen molar-refractivity contribution < 1.29 is 9.23 Å². The third-order valence-electron chi connectivity index (χ3n) is 3.34. The van der Waals surface area contributed by atoms with E-state index in [9.17, 15) is 4.39 Å². The molecular formula is C14H16FN3O. The molecule has 1 saturated heterocycles. The van der Waals surface area contributed by atoms with E-state index < -0.39 is 0 Å². The zero-order valence-corrected chi connectivity index (χ0v) is 10.6. The molecule has 1 atom stereocenters. The normalized spacial score (nSPS) is 19.3. The van der Waals surface area contributed by atoms with Crippen molar-refractivity contribution in [2.24, 2.45) is 0 Å². The lowest BCUT2D eigenvalue weighted by atomic mass is 9.96. The molecule has 4 nitrogen and oxygen atoms in total. The first kappa shape index (κ1) is 12.2. The highest BCUT2D eigenvalue weighted by Gasteiger charge is 2.20. The molecule has 1 N–H and O–H groups in total. The largest absolute Gasteiger partial charge is 0.358 e. The summed E-state index contributed by atoms with van der Waals surface area (Å²) in [4.78, 5) is 7.11. The maximum absolute atomic E-state index is 13.1. The standard InChI is InChI=1S/C14H16FN3O/c15-12-4-1-5-13(9-12)19-18-14(6-8-17-18)11-3-2-7-16-10-11/h1,4-6,8-9,11,16H,2-3,7,10H2/t11-/m0/s1. The minimum absolute atomic E-state index is 0.314. The van der Waals surface area contributed by atoms with Gasteiger partial charge in [0.15, 0.2) is 5.75 Å². The van der Waals surface area contributed by atoms with Gasteiger partial charge in [-0.15, -0.1) is 5.10 Å². The molecule has 0 unspecified atom stereocenters. The predicted octanol–water partition coefficient (Wildman–Crippen LogP) is 2.33. The van der Waals surface area contributed by atoms with E-state index in [0.29, 0.717) is 11.7 Å². The van der Waals surface area contributed by atoms with Gasteiger partial charge in [-0.3, -0.25) is 0 Å². The average Bonchev–Trinajstić information content (AvgIpc) is 2.88. The van der Waals surface area contributed by atoms with Crippen LogP contribution in [-0.4, -0.2) is 23.0 Å². The lowest BCUT2D eigenvalue weighted by Crippen LogP contribution is -2.30. The topological polar surface area (TPSA) is 39.1 Å². The smallest absolute Gasteiger partial charge is 0.160 e. The zero-order valence-electron chi connectivity index (χ0n) is 10.6. The van der Waals surface area contributed by atoms with Crippen LogP contribution in [0.15, 0.2) is 36.5 Å². The molecule has 2 heterocycles. The van der Waals surface area contributed by atoms with E-state index >= 15 is 0 Å². The fraction of sp³-hybridized carbons (Fsp3) is 0.357.